The van der Waals surface area contributed by atoms with Crippen LogP contribution in [0.2, 0.25) is 0 Å². The van der Waals surface area contributed by atoms with Crippen molar-refractivity contribution >= 4 is 37.6 Å². The molecule has 0 aliphatic heterocycles. The Morgan fingerprint density at radius 1 is 1.54 bits per heavy atom. The fourth-order valence-corrected chi connectivity index (χ4v) is 1.75. The first-order chi connectivity index (χ1) is 6.06. The Bertz CT molecular complexity index is 350. The fourth-order valence-electron chi connectivity index (χ4n) is 0.999. The molecular weight excluding hydrogens is 303 g/mol. The summed E-state index contributed by atoms with van der Waals surface area (Å²) in [6.07, 6.45) is 0. The van der Waals surface area contributed by atoms with Crippen molar-refractivity contribution in [2.24, 2.45) is 0 Å². The summed E-state index contributed by atoms with van der Waals surface area (Å²) in [6.45, 7) is 1.75. The van der Waals surface area contributed by atoms with Gasteiger partial charge in [-0.3, -0.25) is 4.79 Å². The predicted molar refractivity (Wildman–Crippen MR) is 57.0 cm³/mol. The third-order valence-electron chi connectivity index (χ3n) is 1.59. The van der Waals surface area contributed by atoms with Gasteiger partial charge in [-0.05, 0) is 40.5 Å². The van der Waals surface area contributed by atoms with Gasteiger partial charge < -0.3 is 0 Å². The zero-order chi connectivity index (χ0) is 10.0. The van der Waals surface area contributed by atoms with E-state index < -0.39 is 5.82 Å². The van der Waals surface area contributed by atoms with Gasteiger partial charge in [0.15, 0.2) is 5.78 Å². The van der Waals surface area contributed by atoms with E-state index in [-0.39, 0.29) is 15.6 Å². The van der Waals surface area contributed by atoms with Gasteiger partial charge in [0.2, 0.25) is 0 Å². The van der Waals surface area contributed by atoms with Crippen molar-refractivity contribution in [3.05, 3.63) is 33.5 Å². The van der Waals surface area contributed by atoms with Crippen LogP contribution in [-0.4, -0.2) is 11.1 Å². The standard InChI is InChI=1S/C9H7Br2FO/c1-5-2-6(8(13)4-10)9(11)7(12)3-5/h2-3H,4H2,1H3. The molecule has 0 saturated carbocycles. The summed E-state index contributed by atoms with van der Waals surface area (Å²) < 4.78 is 13.4. The fraction of sp³-hybridized carbons (Fsp3) is 0.222. The van der Waals surface area contributed by atoms with Crippen LogP contribution in [0.3, 0.4) is 0 Å². The molecule has 0 saturated heterocycles. The molecule has 0 spiro atoms. The van der Waals surface area contributed by atoms with Gasteiger partial charge in [-0.25, -0.2) is 4.39 Å². The van der Waals surface area contributed by atoms with E-state index in [4.69, 9.17) is 0 Å². The lowest BCUT2D eigenvalue weighted by molar-refractivity contribution is 0.102. The molecule has 13 heavy (non-hydrogen) atoms. The summed E-state index contributed by atoms with van der Waals surface area (Å²) in [4.78, 5) is 11.3. The van der Waals surface area contributed by atoms with E-state index >= 15 is 0 Å². The summed E-state index contributed by atoms with van der Waals surface area (Å²) in [5.41, 5.74) is 1.12. The summed E-state index contributed by atoms with van der Waals surface area (Å²) in [5, 5.41) is 0.203. The number of aryl methyl sites for hydroxylation is 1. The molecule has 1 aromatic carbocycles. The quantitative estimate of drug-likeness (QED) is 0.604. The number of carbonyl (C=O) groups excluding carboxylic acids is 1. The summed E-state index contributed by atoms with van der Waals surface area (Å²) >= 11 is 6.08. The average Bonchev–Trinajstić information content (AvgIpc) is 2.10. The second-order valence-corrected chi connectivity index (χ2v) is 4.02. The third-order valence-corrected chi connectivity index (χ3v) is 2.91. The van der Waals surface area contributed by atoms with Crippen molar-refractivity contribution in [1.82, 2.24) is 0 Å². The lowest BCUT2D eigenvalue weighted by Gasteiger charge is -2.03. The van der Waals surface area contributed by atoms with Crippen molar-refractivity contribution in [2.75, 3.05) is 5.33 Å². The molecule has 70 valence electrons. The van der Waals surface area contributed by atoms with Gasteiger partial charge in [-0.1, -0.05) is 15.9 Å². The number of halogens is 3. The lowest BCUT2D eigenvalue weighted by atomic mass is 10.1. The summed E-state index contributed by atoms with van der Waals surface area (Å²) in [6, 6.07) is 3.05. The van der Waals surface area contributed by atoms with Crippen molar-refractivity contribution < 1.29 is 9.18 Å². The molecule has 0 heterocycles. The second kappa shape index (κ2) is 4.33. The molecule has 1 aromatic rings. The molecule has 0 aliphatic rings. The van der Waals surface area contributed by atoms with Crippen LogP contribution < -0.4 is 0 Å². The largest absolute Gasteiger partial charge is 0.293 e. The molecule has 0 aromatic heterocycles. The highest BCUT2D eigenvalue weighted by molar-refractivity contribution is 9.10. The third kappa shape index (κ3) is 2.38. The number of rotatable bonds is 2. The average molecular weight is 310 g/mol. The van der Waals surface area contributed by atoms with Gasteiger partial charge in [-0.15, -0.1) is 0 Å². The molecule has 1 rings (SSSR count). The van der Waals surface area contributed by atoms with Crippen molar-refractivity contribution in [1.29, 1.82) is 0 Å². The highest BCUT2D eigenvalue weighted by Gasteiger charge is 2.12. The van der Waals surface area contributed by atoms with E-state index in [1.165, 1.54) is 6.07 Å². The number of benzene rings is 1. The number of hydrogen-bond donors (Lipinski definition) is 0. The van der Waals surface area contributed by atoms with E-state index in [9.17, 15) is 9.18 Å². The molecule has 0 amide bonds. The Morgan fingerprint density at radius 3 is 2.69 bits per heavy atom. The molecule has 0 N–H and O–H groups in total. The number of Topliss-reactive ketones (excluding diaryl/α,β-unsaturated/α-hetero) is 1. The Morgan fingerprint density at radius 2 is 2.15 bits per heavy atom. The first-order valence-corrected chi connectivity index (χ1v) is 5.52. The van der Waals surface area contributed by atoms with E-state index in [2.05, 4.69) is 31.9 Å². The molecule has 0 bridgehead atoms. The first kappa shape index (κ1) is 10.9. The van der Waals surface area contributed by atoms with E-state index in [0.717, 1.165) is 5.56 Å². The Hall–Kier alpha value is -0.220. The minimum absolute atomic E-state index is 0.130. The zero-order valence-electron chi connectivity index (χ0n) is 6.90. The lowest BCUT2D eigenvalue weighted by Crippen LogP contribution is -2.03. The van der Waals surface area contributed by atoms with Gasteiger partial charge in [0.1, 0.15) is 5.82 Å². The predicted octanol–water partition coefficient (Wildman–Crippen LogP) is 3.47. The highest BCUT2D eigenvalue weighted by Crippen LogP contribution is 2.23. The monoisotopic (exact) mass is 308 g/mol. The SMILES string of the molecule is Cc1cc(F)c(Br)c(C(=O)CBr)c1. The maximum Gasteiger partial charge on any atom is 0.174 e. The normalized spacial score (nSPS) is 10.2. The Labute approximate surface area is 92.6 Å². The zero-order valence-corrected chi connectivity index (χ0v) is 10.1. The van der Waals surface area contributed by atoms with Gasteiger partial charge in [0.25, 0.3) is 0 Å². The molecule has 0 aliphatic carbocycles. The smallest absolute Gasteiger partial charge is 0.174 e. The number of ketones is 1. The molecule has 4 heteroatoms. The molecule has 0 atom stereocenters. The number of hydrogen-bond acceptors (Lipinski definition) is 1. The van der Waals surface area contributed by atoms with E-state index in [0.29, 0.717) is 5.56 Å². The van der Waals surface area contributed by atoms with Crippen LogP contribution in [0.25, 0.3) is 0 Å². The molecule has 1 nitrogen and oxygen atoms in total. The number of carbonyl (C=O) groups is 1. The summed E-state index contributed by atoms with van der Waals surface area (Å²) in [7, 11) is 0. The minimum Gasteiger partial charge on any atom is -0.293 e. The van der Waals surface area contributed by atoms with Crippen LogP contribution >= 0.6 is 31.9 Å². The maximum absolute atomic E-state index is 13.1. The van der Waals surface area contributed by atoms with Crippen LogP contribution in [0.4, 0.5) is 4.39 Å². The van der Waals surface area contributed by atoms with Crippen LogP contribution in [0.15, 0.2) is 16.6 Å². The molecule has 0 unspecified atom stereocenters. The van der Waals surface area contributed by atoms with Crippen LogP contribution in [0.5, 0.6) is 0 Å². The Balaban J connectivity index is 3.28. The minimum atomic E-state index is -0.399. The van der Waals surface area contributed by atoms with Crippen LogP contribution in [0, 0.1) is 12.7 Å². The van der Waals surface area contributed by atoms with Crippen molar-refractivity contribution in [2.45, 2.75) is 6.92 Å². The van der Waals surface area contributed by atoms with Gasteiger partial charge in [-0.2, -0.15) is 0 Å². The molecular formula is C9H7Br2FO. The summed E-state index contributed by atoms with van der Waals surface area (Å²) in [5.74, 6) is -0.529. The Kier molecular flexibility index (Phi) is 3.62. The number of alkyl halides is 1. The van der Waals surface area contributed by atoms with Crippen molar-refractivity contribution in [3.63, 3.8) is 0 Å². The molecule has 0 fully saturated rings. The first-order valence-electron chi connectivity index (χ1n) is 3.61. The van der Waals surface area contributed by atoms with E-state index in [1.54, 1.807) is 13.0 Å². The van der Waals surface area contributed by atoms with Crippen LogP contribution in [0.1, 0.15) is 15.9 Å². The van der Waals surface area contributed by atoms with Crippen LogP contribution in [-0.2, 0) is 0 Å². The van der Waals surface area contributed by atoms with Crippen molar-refractivity contribution in [3.8, 4) is 0 Å². The maximum atomic E-state index is 13.1. The highest BCUT2D eigenvalue weighted by atomic mass is 79.9. The molecule has 0 radical (unpaired) electrons. The van der Waals surface area contributed by atoms with Gasteiger partial charge >= 0.3 is 0 Å². The van der Waals surface area contributed by atoms with E-state index in [1.807, 2.05) is 0 Å². The van der Waals surface area contributed by atoms with Gasteiger partial charge in [0, 0.05) is 5.56 Å². The second-order valence-electron chi connectivity index (χ2n) is 2.67. The van der Waals surface area contributed by atoms with Gasteiger partial charge in [0.05, 0.1) is 9.80 Å². The topological polar surface area (TPSA) is 17.1 Å².